The summed E-state index contributed by atoms with van der Waals surface area (Å²) in [4.78, 5) is 3.68. The number of hydrogen-bond acceptors (Lipinski definition) is 4. The van der Waals surface area contributed by atoms with E-state index in [-0.39, 0.29) is 0 Å². The van der Waals surface area contributed by atoms with E-state index in [4.69, 9.17) is 4.74 Å². The molecule has 0 heterocycles. The highest BCUT2D eigenvalue weighted by Gasteiger charge is 1.98. The Morgan fingerprint density at radius 3 is 2.37 bits per heavy atom. The third-order valence-corrected chi connectivity index (χ3v) is 3.85. The Bertz CT molecular complexity index is 325. The van der Waals surface area contributed by atoms with Crippen molar-refractivity contribution in [3.05, 3.63) is 24.3 Å². The summed E-state index contributed by atoms with van der Waals surface area (Å²) in [7, 11) is 0. The molecule has 0 saturated heterocycles. The lowest BCUT2D eigenvalue weighted by atomic mass is 10.3. The van der Waals surface area contributed by atoms with Gasteiger partial charge in [0.2, 0.25) is 0 Å². The highest BCUT2D eigenvalue weighted by molar-refractivity contribution is 7.98. The van der Waals surface area contributed by atoms with E-state index in [0.29, 0.717) is 0 Å². The monoisotopic (exact) mass is 282 g/mol. The van der Waals surface area contributed by atoms with Crippen LogP contribution in [0.4, 0.5) is 0 Å². The quantitative estimate of drug-likeness (QED) is 0.527. The molecule has 0 spiro atoms. The summed E-state index contributed by atoms with van der Waals surface area (Å²) in [5, 5.41) is 3.41. The topological polar surface area (TPSA) is 24.5 Å². The van der Waals surface area contributed by atoms with Gasteiger partial charge >= 0.3 is 0 Å². The fourth-order valence-corrected chi connectivity index (χ4v) is 2.22. The summed E-state index contributed by atoms with van der Waals surface area (Å²) in [6.07, 6.45) is 2.08. The van der Waals surface area contributed by atoms with Gasteiger partial charge in [0.25, 0.3) is 0 Å². The molecule has 0 fully saturated rings. The van der Waals surface area contributed by atoms with E-state index < -0.39 is 0 Å². The summed E-state index contributed by atoms with van der Waals surface area (Å²) in [5.41, 5.74) is 0. The van der Waals surface area contributed by atoms with Gasteiger partial charge in [-0.15, -0.1) is 11.8 Å². The number of benzene rings is 1. The van der Waals surface area contributed by atoms with Crippen LogP contribution in [-0.4, -0.2) is 50.5 Å². The average molecular weight is 282 g/mol. The Balaban J connectivity index is 2.07. The van der Waals surface area contributed by atoms with Crippen LogP contribution in [0, 0.1) is 0 Å². The predicted octanol–water partition coefficient (Wildman–Crippen LogP) is 2.72. The number of rotatable bonds is 10. The van der Waals surface area contributed by atoms with Crippen molar-refractivity contribution in [3.8, 4) is 5.75 Å². The minimum Gasteiger partial charge on any atom is -0.492 e. The smallest absolute Gasteiger partial charge is 0.119 e. The van der Waals surface area contributed by atoms with Crippen LogP contribution in [0.1, 0.15) is 13.8 Å². The molecule has 0 aromatic heterocycles. The lowest BCUT2D eigenvalue weighted by Gasteiger charge is -2.18. The lowest BCUT2D eigenvalue weighted by Crippen LogP contribution is -2.33. The van der Waals surface area contributed by atoms with Crippen molar-refractivity contribution in [1.82, 2.24) is 10.2 Å². The van der Waals surface area contributed by atoms with Crippen molar-refractivity contribution in [2.75, 3.05) is 45.6 Å². The maximum Gasteiger partial charge on any atom is 0.119 e. The molecule has 0 aliphatic carbocycles. The normalized spacial score (nSPS) is 10.9. The highest BCUT2D eigenvalue weighted by atomic mass is 32.2. The van der Waals surface area contributed by atoms with Gasteiger partial charge in [0, 0.05) is 24.5 Å². The van der Waals surface area contributed by atoms with E-state index in [1.807, 2.05) is 12.1 Å². The van der Waals surface area contributed by atoms with Crippen LogP contribution in [0.2, 0.25) is 0 Å². The molecule has 0 amide bonds. The molecule has 108 valence electrons. The van der Waals surface area contributed by atoms with Crippen LogP contribution in [0.3, 0.4) is 0 Å². The summed E-state index contributed by atoms with van der Waals surface area (Å²) >= 11 is 1.75. The standard InChI is InChI=1S/C15H26N2OS/c1-4-17(5-2)12-10-16-11-13-18-14-6-8-15(19-3)9-7-14/h6-9,16H,4-5,10-13H2,1-3H3. The largest absolute Gasteiger partial charge is 0.492 e. The first-order chi connectivity index (χ1) is 9.30. The molecule has 1 rings (SSSR count). The molecule has 4 heteroatoms. The van der Waals surface area contributed by atoms with Crippen LogP contribution in [0.15, 0.2) is 29.2 Å². The molecule has 0 bridgehead atoms. The second-order valence-corrected chi connectivity index (χ2v) is 5.18. The maximum absolute atomic E-state index is 5.68. The molecule has 1 N–H and O–H groups in total. The summed E-state index contributed by atoms with van der Waals surface area (Å²) in [5.74, 6) is 0.948. The van der Waals surface area contributed by atoms with E-state index in [9.17, 15) is 0 Å². The molecule has 1 aromatic carbocycles. The number of thioether (sulfide) groups is 1. The molecule has 3 nitrogen and oxygen atoms in total. The second kappa shape index (κ2) is 10.1. The fraction of sp³-hybridized carbons (Fsp3) is 0.600. The SMILES string of the molecule is CCN(CC)CCNCCOc1ccc(SC)cc1. The Kier molecular flexibility index (Phi) is 8.71. The molecule has 0 saturated carbocycles. The number of hydrogen-bond donors (Lipinski definition) is 1. The molecule has 19 heavy (non-hydrogen) atoms. The number of ether oxygens (including phenoxy) is 1. The van der Waals surface area contributed by atoms with Gasteiger partial charge in [-0.25, -0.2) is 0 Å². The predicted molar refractivity (Wildman–Crippen MR) is 84.4 cm³/mol. The van der Waals surface area contributed by atoms with E-state index in [2.05, 4.69) is 42.5 Å². The van der Waals surface area contributed by atoms with Gasteiger partial charge in [-0.3, -0.25) is 0 Å². The van der Waals surface area contributed by atoms with Gasteiger partial charge in [-0.2, -0.15) is 0 Å². The van der Waals surface area contributed by atoms with Crippen LogP contribution in [0.5, 0.6) is 5.75 Å². The zero-order chi connectivity index (χ0) is 13.9. The fourth-order valence-electron chi connectivity index (χ4n) is 1.82. The van der Waals surface area contributed by atoms with Crippen molar-refractivity contribution in [2.24, 2.45) is 0 Å². The molecule has 0 atom stereocenters. The van der Waals surface area contributed by atoms with Gasteiger partial charge in [-0.1, -0.05) is 13.8 Å². The third-order valence-electron chi connectivity index (χ3n) is 3.11. The molecular formula is C15H26N2OS. The molecule has 1 aromatic rings. The Morgan fingerprint density at radius 1 is 1.11 bits per heavy atom. The van der Waals surface area contributed by atoms with Crippen LogP contribution in [-0.2, 0) is 0 Å². The van der Waals surface area contributed by atoms with E-state index in [1.165, 1.54) is 4.90 Å². The summed E-state index contributed by atoms with van der Waals surface area (Å²) in [6.45, 7) is 10.4. The van der Waals surface area contributed by atoms with E-state index >= 15 is 0 Å². The highest BCUT2D eigenvalue weighted by Crippen LogP contribution is 2.18. The first kappa shape index (κ1) is 16.3. The van der Waals surface area contributed by atoms with Gasteiger partial charge in [0.1, 0.15) is 12.4 Å². The zero-order valence-electron chi connectivity index (χ0n) is 12.3. The maximum atomic E-state index is 5.68. The first-order valence-electron chi connectivity index (χ1n) is 7.00. The van der Waals surface area contributed by atoms with Crippen molar-refractivity contribution in [1.29, 1.82) is 0 Å². The first-order valence-corrected chi connectivity index (χ1v) is 8.22. The van der Waals surface area contributed by atoms with Crippen LogP contribution < -0.4 is 10.1 Å². The molecule has 0 radical (unpaired) electrons. The summed E-state index contributed by atoms with van der Waals surface area (Å²) in [6, 6.07) is 8.24. The van der Waals surface area contributed by atoms with Gasteiger partial charge < -0.3 is 15.0 Å². The van der Waals surface area contributed by atoms with Crippen molar-refractivity contribution >= 4 is 11.8 Å². The Morgan fingerprint density at radius 2 is 1.79 bits per heavy atom. The second-order valence-electron chi connectivity index (χ2n) is 4.30. The van der Waals surface area contributed by atoms with E-state index in [1.54, 1.807) is 11.8 Å². The van der Waals surface area contributed by atoms with Crippen LogP contribution >= 0.6 is 11.8 Å². The number of nitrogens with zero attached hydrogens (tertiary/aromatic N) is 1. The molecule has 0 unspecified atom stereocenters. The lowest BCUT2D eigenvalue weighted by molar-refractivity contribution is 0.285. The third kappa shape index (κ3) is 6.85. The Hall–Kier alpha value is -0.710. The van der Waals surface area contributed by atoms with Gasteiger partial charge in [0.05, 0.1) is 0 Å². The van der Waals surface area contributed by atoms with Crippen molar-refractivity contribution in [3.63, 3.8) is 0 Å². The minimum absolute atomic E-state index is 0.719. The Labute approximate surface area is 121 Å². The summed E-state index contributed by atoms with van der Waals surface area (Å²) < 4.78 is 5.68. The molecule has 0 aliphatic rings. The van der Waals surface area contributed by atoms with Crippen molar-refractivity contribution < 1.29 is 4.74 Å². The molecule has 0 aliphatic heterocycles. The number of likely N-dealkylation sites (N-methyl/N-ethyl adjacent to an activating group) is 1. The number of nitrogens with one attached hydrogen (secondary N) is 1. The average Bonchev–Trinajstić information content (AvgIpc) is 2.47. The minimum atomic E-state index is 0.719. The van der Waals surface area contributed by atoms with Gasteiger partial charge in [0.15, 0.2) is 0 Å². The van der Waals surface area contributed by atoms with Crippen molar-refractivity contribution in [2.45, 2.75) is 18.7 Å². The van der Waals surface area contributed by atoms with Crippen LogP contribution in [0.25, 0.3) is 0 Å². The van der Waals surface area contributed by atoms with Gasteiger partial charge in [-0.05, 0) is 43.6 Å². The zero-order valence-corrected chi connectivity index (χ0v) is 13.1. The molecular weight excluding hydrogens is 256 g/mol. The van der Waals surface area contributed by atoms with E-state index in [0.717, 1.165) is 45.1 Å².